The van der Waals surface area contributed by atoms with E-state index in [4.69, 9.17) is 16.3 Å². The summed E-state index contributed by atoms with van der Waals surface area (Å²) in [5.74, 6) is -0.452. The molecule has 0 aromatic rings. The number of carbonyl (C=O) groups is 1. The molecule has 0 saturated heterocycles. The van der Waals surface area contributed by atoms with E-state index in [1.54, 1.807) is 13.1 Å². The number of rotatable bonds is 2. The molecule has 0 aromatic carbocycles. The zero-order valence-electron chi connectivity index (χ0n) is 8.81. The van der Waals surface area contributed by atoms with Crippen molar-refractivity contribution in [2.75, 3.05) is 6.61 Å². The van der Waals surface area contributed by atoms with Gasteiger partial charge in [-0.2, -0.15) is 0 Å². The molecule has 0 spiro atoms. The summed E-state index contributed by atoms with van der Waals surface area (Å²) in [6.45, 7) is 2.06. The van der Waals surface area contributed by atoms with Crippen LogP contribution in [0.3, 0.4) is 0 Å². The maximum absolute atomic E-state index is 11.6. The summed E-state index contributed by atoms with van der Waals surface area (Å²) in [6, 6.07) is -0.0596. The van der Waals surface area contributed by atoms with Gasteiger partial charge in [-0.3, -0.25) is 9.98 Å². The molecule has 1 atom stereocenters. The van der Waals surface area contributed by atoms with Gasteiger partial charge in [0.1, 0.15) is 0 Å². The SMILES string of the molecule is CCOC(=O)C1=C(Cl)C2=NC=CCC2N=C1. The molecule has 0 N–H and O–H groups in total. The van der Waals surface area contributed by atoms with Crippen molar-refractivity contribution in [2.45, 2.75) is 19.4 Å². The largest absolute Gasteiger partial charge is 0.462 e. The smallest absolute Gasteiger partial charge is 0.341 e. The van der Waals surface area contributed by atoms with E-state index in [1.165, 1.54) is 6.21 Å². The molecule has 2 aliphatic heterocycles. The van der Waals surface area contributed by atoms with Crippen LogP contribution in [0.2, 0.25) is 0 Å². The number of fused-ring (bicyclic) bond motifs is 1. The standard InChI is InChI=1S/C11H11ClN2O2/c1-2-16-11(15)7-6-14-8-4-3-5-13-10(8)9(7)12/h3,5-6,8H,2,4H2,1H3. The normalized spacial score (nSPS) is 22.9. The minimum atomic E-state index is -0.452. The van der Waals surface area contributed by atoms with Crippen molar-refractivity contribution >= 4 is 29.5 Å². The molecule has 0 aliphatic carbocycles. The van der Waals surface area contributed by atoms with Crippen molar-refractivity contribution in [2.24, 2.45) is 9.98 Å². The van der Waals surface area contributed by atoms with Gasteiger partial charge in [0.05, 0.1) is 29.0 Å². The van der Waals surface area contributed by atoms with Gasteiger partial charge in [0.2, 0.25) is 0 Å². The third-order valence-corrected chi connectivity index (χ3v) is 2.73. The zero-order valence-corrected chi connectivity index (χ0v) is 9.57. The number of esters is 1. The van der Waals surface area contributed by atoms with Gasteiger partial charge in [0.15, 0.2) is 0 Å². The molecule has 16 heavy (non-hydrogen) atoms. The Hall–Kier alpha value is -1.42. The number of aliphatic imine (C=N–C) groups is 2. The summed E-state index contributed by atoms with van der Waals surface area (Å²) in [6.07, 6.45) is 5.84. The van der Waals surface area contributed by atoms with E-state index in [-0.39, 0.29) is 11.6 Å². The van der Waals surface area contributed by atoms with Gasteiger partial charge < -0.3 is 4.74 Å². The van der Waals surface area contributed by atoms with E-state index in [2.05, 4.69) is 9.98 Å². The first-order valence-corrected chi connectivity index (χ1v) is 5.45. The monoisotopic (exact) mass is 238 g/mol. The molecule has 5 heteroatoms. The van der Waals surface area contributed by atoms with Crippen molar-refractivity contribution in [1.82, 2.24) is 0 Å². The molecular formula is C11H11ClN2O2. The van der Waals surface area contributed by atoms with Gasteiger partial charge in [-0.25, -0.2) is 4.79 Å². The minimum absolute atomic E-state index is 0.0596. The molecule has 0 aromatic heterocycles. The molecule has 0 saturated carbocycles. The fourth-order valence-corrected chi connectivity index (χ4v) is 1.87. The molecule has 2 rings (SSSR count). The lowest BCUT2D eigenvalue weighted by atomic mass is 10.0. The van der Waals surface area contributed by atoms with Crippen LogP contribution in [-0.2, 0) is 9.53 Å². The van der Waals surface area contributed by atoms with Crippen LogP contribution in [0.4, 0.5) is 0 Å². The van der Waals surface area contributed by atoms with Crippen molar-refractivity contribution in [1.29, 1.82) is 0 Å². The Bertz CT molecular complexity index is 435. The Labute approximate surface area is 98.4 Å². The highest BCUT2D eigenvalue weighted by atomic mass is 35.5. The molecule has 0 radical (unpaired) electrons. The van der Waals surface area contributed by atoms with Crippen molar-refractivity contribution in [3.8, 4) is 0 Å². The average molecular weight is 239 g/mol. The minimum Gasteiger partial charge on any atom is -0.462 e. The van der Waals surface area contributed by atoms with E-state index < -0.39 is 5.97 Å². The summed E-state index contributed by atoms with van der Waals surface area (Å²) in [5.41, 5.74) is 0.934. The first-order valence-electron chi connectivity index (χ1n) is 5.07. The third-order valence-electron chi connectivity index (χ3n) is 2.33. The lowest BCUT2D eigenvalue weighted by Gasteiger charge is -2.20. The Morgan fingerprint density at radius 3 is 3.25 bits per heavy atom. The zero-order chi connectivity index (χ0) is 11.5. The number of ether oxygens (including phenoxy) is 1. The molecule has 0 bridgehead atoms. The average Bonchev–Trinajstić information content (AvgIpc) is 2.30. The van der Waals surface area contributed by atoms with Gasteiger partial charge in [-0.05, 0) is 13.3 Å². The van der Waals surface area contributed by atoms with Gasteiger partial charge in [-0.1, -0.05) is 17.7 Å². The lowest BCUT2D eigenvalue weighted by Crippen LogP contribution is -2.27. The van der Waals surface area contributed by atoms with Gasteiger partial charge >= 0.3 is 5.97 Å². The van der Waals surface area contributed by atoms with E-state index >= 15 is 0 Å². The van der Waals surface area contributed by atoms with Crippen molar-refractivity contribution in [3.63, 3.8) is 0 Å². The number of nitrogens with zero attached hydrogens (tertiary/aromatic N) is 2. The summed E-state index contributed by atoms with van der Waals surface area (Å²) in [5, 5.41) is 0.350. The van der Waals surface area contributed by atoms with Crippen LogP contribution in [0, 0.1) is 0 Å². The maximum Gasteiger partial charge on any atom is 0.341 e. The lowest BCUT2D eigenvalue weighted by molar-refractivity contribution is -0.137. The summed E-state index contributed by atoms with van der Waals surface area (Å²) in [7, 11) is 0. The second-order valence-corrected chi connectivity index (χ2v) is 3.75. The van der Waals surface area contributed by atoms with Crippen LogP contribution < -0.4 is 0 Å². The second-order valence-electron chi connectivity index (χ2n) is 3.38. The number of carbonyl (C=O) groups excluding carboxylic acids is 1. The highest BCUT2D eigenvalue weighted by molar-refractivity contribution is 6.49. The van der Waals surface area contributed by atoms with E-state index in [0.29, 0.717) is 17.4 Å². The third kappa shape index (κ3) is 1.93. The Morgan fingerprint density at radius 2 is 2.50 bits per heavy atom. The van der Waals surface area contributed by atoms with Crippen molar-refractivity contribution in [3.05, 3.63) is 22.9 Å². The quantitative estimate of drug-likeness (QED) is 0.690. The fraction of sp³-hybridized carbons (Fsp3) is 0.364. The number of dihydropyridines is 1. The first kappa shape index (κ1) is 11.1. The number of hydrogen-bond acceptors (Lipinski definition) is 4. The topological polar surface area (TPSA) is 51.0 Å². The molecule has 0 fully saturated rings. The fourth-order valence-electron chi connectivity index (χ4n) is 1.57. The van der Waals surface area contributed by atoms with Crippen LogP contribution in [-0.4, -0.2) is 30.5 Å². The molecule has 2 aliphatic rings. The van der Waals surface area contributed by atoms with Gasteiger partial charge in [0.25, 0.3) is 0 Å². The Morgan fingerprint density at radius 1 is 1.69 bits per heavy atom. The van der Waals surface area contributed by atoms with Gasteiger partial charge in [-0.15, -0.1) is 0 Å². The second kappa shape index (κ2) is 4.61. The molecule has 2 heterocycles. The van der Waals surface area contributed by atoms with E-state index in [9.17, 15) is 4.79 Å². The summed E-state index contributed by atoms with van der Waals surface area (Å²) < 4.78 is 4.89. The van der Waals surface area contributed by atoms with E-state index in [1.807, 2.05) is 6.08 Å². The Kier molecular flexibility index (Phi) is 3.19. The molecule has 0 amide bonds. The van der Waals surface area contributed by atoms with Crippen LogP contribution in [0.1, 0.15) is 13.3 Å². The van der Waals surface area contributed by atoms with Gasteiger partial charge in [0, 0.05) is 12.4 Å². The van der Waals surface area contributed by atoms with Crippen LogP contribution in [0.15, 0.2) is 32.9 Å². The highest BCUT2D eigenvalue weighted by Crippen LogP contribution is 2.24. The van der Waals surface area contributed by atoms with Crippen LogP contribution in [0.25, 0.3) is 0 Å². The molecular weight excluding hydrogens is 228 g/mol. The van der Waals surface area contributed by atoms with E-state index in [0.717, 1.165) is 6.42 Å². The Balaban J connectivity index is 2.32. The van der Waals surface area contributed by atoms with Crippen LogP contribution in [0.5, 0.6) is 0 Å². The van der Waals surface area contributed by atoms with Crippen LogP contribution >= 0.6 is 11.6 Å². The summed E-state index contributed by atoms with van der Waals surface area (Å²) in [4.78, 5) is 19.9. The highest BCUT2D eigenvalue weighted by Gasteiger charge is 2.27. The number of hydrogen-bond donors (Lipinski definition) is 0. The summed E-state index contributed by atoms with van der Waals surface area (Å²) >= 11 is 6.11. The van der Waals surface area contributed by atoms with Crippen molar-refractivity contribution < 1.29 is 9.53 Å². The predicted molar refractivity (Wildman–Crippen MR) is 63.0 cm³/mol. The molecule has 84 valence electrons. The maximum atomic E-state index is 11.6. The number of halogens is 1. The first-order chi connectivity index (χ1) is 7.74. The molecule has 1 unspecified atom stereocenters. The molecule has 4 nitrogen and oxygen atoms in total. The predicted octanol–water partition coefficient (Wildman–Crippen LogP) is 1.85.